The van der Waals surface area contributed by atoms with E-state index in [1.165, 1.54) is 23.6 Å². The molecule has 6 rings (SSSR count). The van der Waals surface area contributed by atoms with Gasteiger partial charge in [-0.2, -0.15) is 8.42 Å². The van der Waals surface area contributed by atoms with Crippen LogP contribution in [0.25, 0.3) is 21.9 Å². The number of aryl methyl sites for hydroxylation is 1. The van der Waals surface area contributed by atoms with Crippen LogP contribution in [0, 0.1) is 12.7 Å². The van der Waals surface area contributed by atoms with Gasteiger partial charge in [-0.25, -0.2) is 23.5 Å². The smallest absolute Gasteiger partial charge is 0.354 e. The highest BCUT2D eigenvalue weighted by atomic mass is 35.5. The van der Waals surface area contributed by atoms with Gasteiger partial charge >= 0.3 is 16.2 Å². The Morgan fingerprint density at radius 2 is 1.97 bits per heavy atom. The molecule has 0 saturated carbocycles. The molecular weight excluding hydrogens is 533 g/mol. The molecular formula is C26H19ClFN5O4S. The van der Waals surface area contributed by atoms with Crippen LogP contribution in [-0.2, 0) is 23.3 Å². The van der Waals surface area contributed by atoms with Crippen LogP contribution in [0.1, 0.15) is 27.2 Å². The van der Waals surface area contributed by atoms with Gasteiger partial charge in [0, 0.05) is 22.5 Å². The Hall–Kier alpha value is -4.22. The number of aromatic carboxylic acids is 1. The average molecular weight is 552 g/mol. The molecule has 38 heavy (non-hydrogen) atoms. The van der Waals surface area contributed by atoms with Gasteiger partial charge in [0.1, 0.15) is 11.0 Å². The first-order chi connectivity index (χ1) is 18.1. The third-order valence-corrected chi connectivity index (χ3v) is 8.27. The number of nitrogens with one attached hydrogen (secondary N) is 1. The minimum atomic E-state index is -4.19. The maximum atomic E-state index is 14.8. The Balaban J connectivity index is 1.62. The zero-order chi connectivity index (χ0) is 26.8. The predicted molar refractivity (Wildman–Crippen MR) is 142 cm³/mol. The molecule has 4 heterocycles. The summed E-state index contributed by atoms with van der Waals surface area (Å²) in [4.78, 5) is 21.2. The first kappa shape index (κ1) is 24.1. The van der Waals surface area contributed by atoms with Gasteiger partial charge in [-0.3, -0.25) is 4.72 Å². The SMILES string of the molecule is Cc1cc2c(N3Cc4ccccc4NS3(=O)=O)c(C(=O)O)n(Cc3cc4cccnc4nc3Cl)c2cc1F. The largest absolute Gasteiger partial charge is 0.477 e. The number of carboxylic acids is 1. The van der Waals surface area contributed by atoms with Crippen molar-refractivity contribution in [3.05, 3.63) is 94.1 Å². The van der Waals surface area contributed by atoms with E-state index < -0.39 is 22.0 Å². The van der Waals surface area contributed by atoms with E-state index in [2.05, 4.69) is 14.7 Å². The highest BCUT2D eigenvalue weighted by molar-refractivity contribution is 7.94. The molecule has 0 unspecified atom stereocenters. The van der Waals surface area contributed by atoms with E-state index in [0.29, 0.717) is 27.8 Å². The number of fused-ring (bicyclic) bond motifs is 3. The van der Waals surface area contributed by atoms with Crippen molar-refractivity contribution in [3.8, 4) is 0 Å². The molecule has 12 heteroatoms. The van der Waals surface area contributed by atoms with Crippen LogP contribution in [0.2, 0.25) is 5.15 Å². The summed E-state index contributed by atoms with van der Waals surface area (Å²) in [5, 5.41) is 11.4. The van der Waals surface area contributed by atoms with Crippen molar-refractivity contribution in [2.45, 2.75) is 20.0 Å². The number of para-hydroxylation sites is 1. The van der Waals surface area contributed by atoms with Gasteiger partial charge in [0.25, 0.3) is 0 Å². The first-order valence-corrected chi connectivity index (χ1v) is 13.3. The Morgan fingerprint density at radius 1 is 1.18 bits per heavy atom. The normalized spacial score (nSPS) is 14.4. The standard InChI is InChI=1S/C26H19ClFN5O4S/c1-14-9-18-21(11-19(14)28)32(12-17-10-15-6-4-8-29-25(15)30-24(17)27)23(26(34)35)22(18)33-13-16-5-2-3-7-20(16)31-38(33,36)37/h2-11,31H,12-13H2,1H3,(H,34,35). The molecule has 3 aromatic heterocycles. The van der Waals surface area contributed by atoms with E-state index >= 15 is 0 Å². The van der Waals surface area contributed by atoms with E-state index in [9.17, 15) is 22.7 Å². The number of carboxylic acid groups (broad SMARTS) is 1. The Kier molecular flexibility index (Phi) is 5.51. The molecule has 2 N–H and O–H groups in total. The maximum absolute atomic E-state index is 14.8. The molecule has 0 radical (unpaired) electrons. The molecule has 1 aliphatic rings. The van der Waals surface area contributed by atoms with Gasteiger partial charge in [-0.05, 0) is 54.4 Å². The number of hydrogen-bond donors (Lipinski definition) is 2. The van der Waals surface area contributed by atoms with Gasteiger partial charge in [-0.15, -0.1) is 0 Å². The minimum Gasteiger partial charge on any atom is -0.477 e. The average Bonchev–Trinajstić information content (AvgIpc) is 3.16. The lowest BCUT2D eigenvalue weighted by Gasteiger charge is -2.31. The number of pyridine rings is 2. The van der Waals surface area contributed by atoms with Crippen molar-refractivity contribution in [1.29, 1.82) is 0 Å². The summed E-state index contributed by atoms with van der Waals surface area (Å²) in [5.74, 6) is -1.94. The van der Waals surface area contributed by atoms with Crippen LogP contribution >= 0.6 is 11.6 Å². The number of benzene rings is 2. The molecule has 0 atom stereocenters. The molecule has 0 saturated heterocycles. The maximum Gasteiger partial charge on any atom is 0.354 e. The molecule has 0 fully saturated rings. The first-order valence-electron chi connectivity index (χ1n) is 11.5. The van der Waals surface area contributed by atoms with E-state index in [-0.39, 0.29) is 46.1 Å². The van der Waals surface area contributed by atoms with Gasteiger partial charge in [0.15, 0.2) is 11.3 Å². The van der Waals surface area contributed by atoms with Crippen LogP contribution in [0.5, 0.6) is 0 Å². The zero-order valence-electron chi connectivity index (χ0n) is 19.8. The molecule has 192 valence electrons. The predicted octanol–water partition coefficient (Wildman–Crippen LogP) is 5.11. The summed E-state index contributed by atoms with van der Waals surface area (Å²) in [5.41, 5.74) is 2.01. The summed E-state index contributed by atoms with van der Waals surface area (Å²) >= 11 is 6.45. The van der Waals surface area contributed by atoms with Crippen molar-refractivity contribution in [1.82, 2.24) is 14.5 Å². The van der Waals surface area contributed by atoms with Crippen molar-refractivity contribution >= 4 is 61.1 Å². The second-order valence-corrected chi connectivity index (χ2v) is 10.9. The van der Waals surface area contributed by atoms with Crippen LogP contribution in [0.3, 0.4) is 0 Å². The summed E-state index contributed by atoms with van der Waals surface area (Å²) < 4.78 is 46.5. The second-order valence-electron chi connectivity index (χ2n) is 8.97. The number of carbonyl (C=O) groups is 1. The van der Waals surface area contributed by atoms with Crippen LogP contribution in [0.15, 0.2) is 60.8 Å². The van der Waals surface area contributed by atoms with Crippen molar-refractivity contribution < 1.29 is 22.7 Å². The number of rotatable bonds is 4. The number of halogens is 2. The number of anilines is 2. The number of aromatic nitrogens is 3. The lowest BCUT2D eigenvalue weighted by molar-refractivity contribution is 0.0687. The highest BCUT2D eigenvalue weighted by Gasteiger charge is 2.36. The lowest BCUT2D eigenvalue weighted by Crippen LogP contribution is -2.40. The van der Waals surface area contributed by atoms with Gasteiger partial charge < -0.3 is 9.67 Å². The Labute approximate surface area is 221 Å². The molecule has 1 aliphatic heterocycles. The van der Waals surface area contributed by atoms with Crippen molar-refractivity contribution in [2.24, 2.45) is 0 Å². The molecule has 9 nitrogen and oxygen atoms in total. The van der Waals surface area contributed by atoms with Crippen LogP contribution in [0.4, 0.5) is 15.8 Å². The molecule has 0 amide bonds. The van der Waals surface area contributed by atoms with E-state index in [1.54, 1.807) is 48.7 Å². The lowest BCUT2D eigenvalue weighted by atomic mass is 10.1. The number of nitrogens with zero attached hydrogens (tertiary/aromatic N) is 4. The molecule has 2 aromatic carbocycles. The minimum absolute atomic E-state index is 0.0656. The van der Waals surface area contributed by atoms with Crippen molar-refractivity contribution in [3.63, 3.8) is 0 Å². The zero-order valence-corrected chi connectivity index (χ0v) is 21.4. The Morgan fingerprint density at radius 3 is 2.76 bits per heavy atom. The van der Waals surface area contributed by atoms with Gasteiger partial charge in [-0.1, -0.05) is 29.8 Å². The summed E-state index contributed by atoms with van der Waals surface area (Å²) in [7, 11) is -4.19. The van der Waals surface area contributed by atoms with E-state index in [4.69, 9.17) is 11.6 Å². The molecule has 0 aliphatic carbocycles. The molecule has 0 spiro atoms. The van der Waals surface area contributed by atoms with E-state index in [1.807, 2.05) is 0 Å². The summed E-state index contributed by atoms with van der Waals surface area (Å²) in [6.07, 6.45) is 1.58. The molecule has 0 bridgehead atoms. The third kappa shape index (κ3) is 3.82. The van der Waals surface area contributed by atoms with Gasteiger partial charge in [0.2, 0.25) is 0 Å². The fraction of sp³-hybridized carbons (Fsp3) is 0.115. The van der Waals surface area contributed by atoms with E-state index in [0.717, 1.165) is 4.31 Å². The van der Waals surface area contributed by atoms with Crippen LogP contribution < -0.4 is 9.03 Å². The Bertz CT molecular complexity index is 1910. The third-order valence-electron chi connectivity index (χ3n) is 6.57. The van der Waals surface area contributed by atoms with Gasteiger partial charge in [0.05, 0.1) is 30.0 Å². The number of hydrogen-bond acceptors (Lipinski definition) is 5. The summed E-state index contributed by atoms with van der Waals surface area (Å²) in [6, 6.07) is 14.8. The fourth-order valence-electron chi connectivity index (χ4n) is 4.79. The topological polar surface area (TPSA) is 117 Å². The second kappa shape index (κ2) is 8.67. The monoisotopic (exact) mass is 551 g/mol. The fourth-order valence-corrected chi connectivity index (χ4v) is 6.31. The summed E-state index contributed by atoms with van der Waals surface area (Å²) in [6.45, 7) is 1.33. The highest BCUT2D eigenvalue weighted by Crippen LogP contribution is 2.41. The van der Waals surface area contributed by atoms with Crippen LogP contribution in [-0.4, -0.2) is 34.0 Å². The molecule has 5 aromatic rings. The van der Waals surface area contributed by atoms with Crippen molar-refractivity contribution in [2.75, 3.05) is 9.03 Å². The quantitative estimate of drug-likeness (QED) is 0.300.